The Bertz CT molecular complexity index is 527. The van der Waals surface area contributed by atoms with Crippen LogP contribution >= 0.6 is 0 Å². The molecule has 0 bridgehead atoms. The summed E-state index contributed by atoms with van der Waals surface area (Å²) in [6.45, 7) is 4.24. The summed E-state index contributed by atoms with van der Waals surface area (Å²) in [6, 6.07) is 4.77. The molecule has 0 radical (unpaired) electrons. The second kappa shape index (κ2) is 4.00. The summed E-state index contributed by atoms with van der Waals surface area (Å²) in [7, 11) is 2.13. The maximum Gasteiger partial charge on any atom is 0.157 e. The van der Waals surface area contributed by atoms with Crippen LogP contribution in [0.1, 0.15) is 12.0 Å². The van der Waals surface area contributed by atoms with Gasteiger partial charge in [0, 0.05) is 19.6 Å². The van der Waals surface area contributed by atoms with Gasteiger partial charge in [-0.15, -0.1) is 0 Å². The zero-order valence-electron chi connectivity index (χ0n) is 10.2. The fourth-order valence-electron chi connectivity index (χ4n) is 2.44. The molecule has 1 saturated heterocycles. The van der Waals surface area contributed by atoms with Crippen LogP contribution in [0.2, 0.25) is 0 Å². The molecule has 0 amide bonds. The van der Waals surface area contributed by atoms with Crippen molar-refractivity contribution < 1.29 is 0 Å². The molecule has 1 unspecified atom stereocenters. The lowest BCUT2D eigenvalue weighted by Gasteiger charge is -2.26. The molecule has 1 atom stereocenters. The van der Waals surface area contributed by atoms with E-state index in [0.29, 0.717) is 6.04 Å². The third-order valence-corrected chi connectivity index (χ3v) is 3.45. The SMILES string of the molecule is Cc1cc(N(C)C2CCNC2)n2ncnc2c1. The highest BCUT2D eigenvalue weighted by molar-refractivity contribution is 5.53. The Balaban J connectivity index is 2.05. The predicted molar refractivity (Wildman–Crippen MR) is 67.4 cm³/mol. The number of hydrogen-bond acceptors (Lipinski definition) is 4. The number of aryl methyl sites for hydroxylation is 1. The smallest absolute Gasteiger partial charge is 0.157 e. The second-order valence-electron chi connectivity index (χ2n) is 4.68. The zero-order chi connectivity index (χ0) is 11.8. The van der Waals surface area contributed by atoms with E-state index in [1.165, 1.54) is 12.0 Å². The minimum absolute atomic E-state index is 0.546. The van der Waals surface area contributed by atoms with E-state index in [4.69, 9.17) is 0 Å². The Hall–Kier alpha value is -1.62. The van der Waals surface area contributed by atoms with Crippen LogP contribution in [0.4, 0.5) is 5.82 Å². The van der Waals surface area contributed by atoms with Gasteiger partial charge in [0.15, 0.2) is 5.65 Å². The number of rotatable bonds is 2. The van der Waals surface area contributed by atoms with Gasteiger partial charge in [0.25, 0.3) is 0 Å². The van der Waals surface area contributed by atoms with Crippen LogP contribution in [0.15, 0.2) is 18.5 Å². The van der Waals surface area contributed by atoms with Crippen molar-refractivity contribution in [1.82, 2.24) is 19.9 Å². The Morgan fingerprint density at radius 3 is 3.12 bits per heavy atom. The van der Waals surface area contributed by atoms with Crippen molar-refractivity contribution in [2.45, 2.75) is 19.4 Å². The number of pyridine rings is 1. The fraction of sp³-hybridized carbons (Fsp3) is 0.500. The topological polar surface area (TPSA) is 45.5 Å². The van der Waals surface area contributed by atoms with E-state index < -0.39 is 0 Å². The summed E-state index contributed by atoms with van der Waals surface area (Å²) in [5.41, 5.74) is 2.14. The van der Waals surface area contributed by atoms with Crippen LogP contribution in [0.5, 0.6) is 0 Å². The molecule has 0 spiro atoms. The van der Waals surface area contributed by atoms with E-state index in [-0.39, 0.29) is 0 Å². The van der Waals surface area contributed by atoms with Gasteiger partial charge in [0.05, 0.1) is 0 Å². The predicted octanol–water partition coefficient (Wildman–Crippen LogP) is 0.836. The van der Waals surface area contributed by atoms with E-state index in [1.54, 1.807) is 6.33 Å². The van der Waals surface area contributed by atoms with Crippen LogP contribution in [0, 0.1) is 6.92 Å². The Morgan fingerprint density at radius 2 is 2.35 bits per heavy atom. The van der Waals surface area contributed by atoms with Crippen molar-refractivity contribution in [3.05, 3.63) is 24.0 Å². The first-order chi connectivity index (χ1) is 8.25. The average Bonchev–Trinajstić information content (AvgIpc) is 2.97. The van der Waals surface area contributed by atoms with Gasteiger partial charge < -0.3 is 10.2 Å². The van der Waals surface area contributed by atoms with Crippen LogP contribution < -0.4 is 10.2 Å². The van der Waals surface area contributed by atoms with Crippen LogP contribution in [0.25, 0.3) is 5.65 Å². The van der Waals surface area contributed by atoms with Crippen molar-refractivity contribution in [2.75, 3.05) is 25.0 Å². The molecule has 1 fully saturated rings. The van der Waals surface area contributed by atoms with Gasteiger partial charge in [0.2, 0.25) is 0 Å². The molecule has 90 valence electrons. The molecule has 0 aliphatic carbocycles. The highest BCUT2D eigenvalue weighted by atomic mass is 15.4. The van der Waals surface area contributed by atoms with Crippen LogP contribution in [-0.4, -0.2) is 40.8 Å². The fourth-order valence-corrected chi connectivity index (χ4v) is 2.44. The van der Waals surface area contributed by atoms with Crippen molar-refractivity contribution in [1.29, 1.82) is 0 Å². The molecule has 0 saturated carbocycles. The number of nitrogens with one attached hydrogen (secondary N) is 1. The number of likely N-dealkylation sites (N-methyl/N-ethyl adjacent to an activating group) is 1. The zero-order valence-corrected chi connectivity index (χ0v) is 10.2. The molecular formula is C12H17N5. The molecule has 5 heteroatoms. The Kier molecular flexibility index (Phi) is 2.48. The van der Waals surface area contributed by atoms with Crippen molar-refractivity contribution in [3.63, 3.8) is 0 Å². The monoisotopic (exact) mass is 231 g/mol. The molecule has 0 aromatic carbocycles. The average molecular weight is 231 g/mol. The van der Waals surface area contributed by atoms with Crippen molar-refractivity contribution >= 4 is 11.5 Å². The third kappa shape index (κ3) is 1.76. The lowest BCUT2D eigenvalue weighted by Crippen LogP contribution is -2.34. The summed E-state index contributed by atoms with van der Waals surface area (Å²) in [5, 5.41) is 7.69. The number of fused-ring (bicyclic) bond motifs is 1. The van der Waals surface area contributed by atoms with E-state index in [0.717, 1.165) is 24.6 Å². The van der Waals surface area contributed by atoms with Gasteiger partial charge >= 0.3 is 0 Å². The van der Waals surface area contributed by atoms with E-state index in [2.05, 4.69) is 46.4 Å². The standard InChI is InChI=1S/C12H17N5/c1-9-5-11-14-8-15-17(11)12(6-9)16(2)10-3-4-13-7-10/h5-6,8,10,13H,3-4,7H2,1-2H3. The highest BCUT2D eigenvalue weighted by Gasteiger charge is 2.21. The van der Waals surface area contributed by atoms with Gasteiger partial charge in [-0.05, 0) is 37.6 Å². The molecule has 1 aliphatic heterocycles. The maximum atomic E-state index is 4.30. The van der Waals surface area contributed by atoms with Gasteiger partial charge in [-0.2, -0.15) is 9.61 Å². The van der Waals surface area contributed by atoms with Crippen LogP contribution in [-0.2, 0) is 0 Å². The number of anilines is 1. The molecule has 3 rings (SSSR count). The summed E-state index contributed by atoms with van der Waals surface area (Å²) < 4.78 is 1.91. The first kappa shape index (κ1) is 10.5. The maximum absolute atomic E-state index is 4.30. The van der Waals surface area contributed by atoms with E-state index in [1.807, 2.05) is 4.52 Å². The molecule has 1 N–H and O–H groups in total. The Labute approximate surface area is 100 Å². The molecule has 5 nitrogen and oxygen atoms in total. The quantitative estimate of drug-likeness (QED) is 0.832. The number of hydrogen-bond donors (Lipinski definition) is 1. The Morgan fingerprint density at radius 1 is 1.47 bits per heavy atom. The van der Waals surface area contributed by atoms with Crippen molar-refractivity contribution in [3.8, 4) is 0 Å². The summed E-state index contributed by atoms with van der Waals surface area (Å²) >= 11 is 0. The minimum atomic E-state index is 0.546. The number of nitrogens with zero attached hydrogens (tertiary/aromatic N) is 4. The molecule has 17 heavy (non-hydrogen) atoms. The highest BCUT2D eigenvalue weighted by Crippen LogP contribution is 2.20. The summed E-state index contributed by atoms with van der Waals surface area (Å²) in [4.78, 5) is 6.56. The third-order valence-electron chi connectivity index (χ3n) is 3.45. The van der Waals surface area contributed by atoms with E-state index in [9.17, 15) is 0 Å². The molecular weight excluding hydrogens is 214 g/mol. The van der Waals surface area contributed by atoms with Crippen molar-refractivity contribution in [2.24, 2.45) is 0 Å². The summed E-state index contributed by atoms with van der Waals surface area (Å²) in [6.07, 6.45) is 2.79. The second-order valence-corrected chi connectivity index (χ2v) is 4.68. The first-order valence-corrected chi connectivity index (χ1v) is 5.99. The van der Waals surface area contributed by atoms with Gasteiger partial charge in [-0.1, -0.05) is 0 Å². The van der Waals surface area contributed by atoms with Gasteiger partial charge in [-0.3, -0.25) is 0 Å². The normalized spacial score (nSPS) is 20.0. The lowest BCUT2D eigenvalue weighted by atomic mass is 10.2. The summed E-state index contributed by atoms with van der Waals surface area (Å²) in [5.74, 6) is 1.12. The molecule has 2 aromatic heterocycles. The number of aromatic nitrogens is 3. The van der Waals surface area contributed by atoms with Gasteiger partial charge in [-0.25, -0.2) is 4.98 Å². The molecule has 1 aliphatic rings. The lowest BCUT2D eigenvalue weighted by molar-refractivity contribution is 0.667. The van der Waals surface area contributed by atoms with Gasteiger partial charge in [0.1, 0.15) is 12.1 Å². The first-order valence-electron chi connectivity index (χ1n) is 5.99. The minimum Gasteiger partial charge on any atom is -0.355 e. The largest absolute Gasteiger partial charge is 0.355 e. The molecule has 2 aromatic rings. The van der Waals surface area contributed by atoms with E-state index >= 15 is 0 Å². The molecule has 3 heterocycles. The van der Waals surface area contributed by atoms with Crippen LogP contribution in [0.3, 0.4) is 0 Å².